The molecule has 2 aromatic rings. The Morgan fingerprint density at radius 2 is 1.83 bits per heavy atom. The highest BCUT2D eigenvalue weighted by atomic mass is 16.5. The molecule has 6 nitrogen and oxygen atoms in total. The molecular weight excluding hydrogens is 310 g/mol. The van der Waals surface area contributed by atoms with Crippen LogP contribution >= 0.6 is 0 Å². The van der Waals surface area contributed by atoms with Crippen LogP contribution in [0.1, 0.15) is 50.7 Å². The number of carbonyl (C=O) groups excluding carboxylic acids is 2. The largest absolute Gasteiger partial charge is 0.497 e. The number of aliphatic hydroxyl groups excluding tert-OH is 1. The Morgan fingerprint density at radius 3 is 2.33 bits per heavy atom. The first-order valence-electron chi connectivity index (χ1n) is 7.56. The third-order valence-electron chi connectivity index (χ3n) is 3.86. The molecule has 0 saturated carbocycles. The molecule has 0 spiro atoms. The molecule has 1 atom stereocenters. The summed E-state index contributed by atoms with van der Waals surface area (Å²) in [6, 6.07) is 6.57. The Hall–Kier alpha value is -2.60. The number of ketones is 1. The Kier molecular flexibility index (Phi) is 5.41. The van der Waals surface area contributed by atoms with E-state index in [0.717, 1.165) is 0 Å². The average molecular weight is 331 g/mol. The predicted octanol–water partition coefficient (Wildman–Crippen LogP) is 2.73. The highest BCUT2D eigenvalue weighted by Gasteiger charge is 2.21. The monoisotopic (exact) mass is 331 g/mol. The van der Waals surface area contributed by atoms with E-state index in [4.69, 9.17) is 9.47 Å². The van der Waals surface area contributed by atoms with Gasteiger partial charge in [0, 0.05) is 16.8 Å². The molecule has 0 aliphatic rings. The first-order valence-corrected chi connectivity index (χ1v) is 7.56. The second kappa shape index (κ2) is 7.31. The van der Waals surface area contributed by atoms with E-state index in [-0.39, 0.29) is 18.1 Å². The minimum atomic E-state index is -0.691. The number of aromatic nitrogens is 1. The number of hydrogen-bond donors (Lipinski definition) is 2. The van der Waals surface area contributed by atoms with Crippen molar-refractivity contribution in [2.45, 2.75) is 26.9 Å². The van der Waals surface area contributed by atoms with Crippen molar-refractivity contribution in [2.75, 3.05) is 13.7 Å². The summed E-state index contributed by atoms with van der Waals surface area (Å²) in [5.74, 6) is -0.279. The van der Waals surface area contributed by atoms with Gasteiger partial charge in [0.1, 0.15) is 11.4 Å². The highest BCUT2D eigenvalue weighted by molar-refractivity contribution is 5.99. The summed E-state index contributed by atoms with van der Waals surface area (Å²) < 4.78 is 10.1. The number of H-pyrrole nitrogens is 1. The Labute approximate surface area is 140 Å². The normalized spacial score (nSPS) is 11.9. The van der Waals surface area contributed by atoms with E-state index < -0.39 is 12.1 Å². The van der Waals surface area contributed by atoms with Crippen LogP contribution in [0.15, 0.2) is 24.3 Å². The SMILES string of the molecule is COc1ccc(C(=O)COC(=O)c2[nH]c(C)c([C@H](C)O)c2C)cc1. The van der Waals surface area contributed by atoms with Crippen molar-refractivity contribution in [3.05, 3.63) is 52.3 Å². The zero-order valence-corrected chi connectivity index (χ0v) is 14.2. The highest BCUT2D eigenvalue weighted by Crippen LogP contribution is 2.24. The van der Waals surface area contributed by atoms with Gasteiger partial charge in [-0.3, -0.25) is 4.79 Å². The van der Waals surface area contributed by atoms with Crippen molar-refractivity contribution in [3.63, 3.8) is 0 Å². The molecule has 0 aliphatic carbocycles. The number of esters is 1. The van der Waals surface area contributed by atoms with Crippen molar-refractivity contribution in [1.82, 2.24) is 4.98 Å². The van der Waals surface area contributed by atoms with Gasteiger partial charge in [-0.25, -0.2) is 4.79 Å². The fourth-order valence-corrected chi connectivity index (χ4v) is 2.66. The molecule has 24 heavy (non-hydrogen) atoms. The number of aryl methyl sites for hydroxylation is 1. The first kappa shape index (κ1) is 17.7. The van der Waals surface area contributed by atoms with E-state index in [1.165, 1.54) is 0 Å². The number of aromatic amines is 1. The summed E-state index contributed by atoms with van der Waals surface area (Å²) in [7, 11) is 1.54. The van der Waals surface area contributed by atoms with Gasteiger partial charge in [0.2, 0.25) is 0 Å². The molecule has 0 aliphatic heterocycles. The summed E-state index contributed by atoms with van der Waals surface area (Å²) in [6.45, 7) is 4.78. The number of rotatable bonds is 6. The minimum absolute atomic E-state index is 0.255. The van der Waals surface area contributed by atoms with Crippen molar-refractivity contribution < 1.29 is 24.2 Å². The quantitative estimate of drug-likeness (QED) is 0.627. The van der Waals surface area contributed by atoms with Crippen LogP contribution in [0.2, 0.25) is 0 Å². The topological polar surface area (TPSA) is 88.6 Å². The summed E-state index contributed by atoms with van der Waals surface area (Å²) in [4.78, 5) is 27.2. The smallest absolute Gasteiger partial charge is 0.355 e. The van der Waals surface area contributed by atoms with Gasteiger partial charge in [-0.05, 0) is 50.6 Å². The molecule has 1 aromatic heterocycles. The molecule has 0 radical (unpaired) electrons. The lowest BCUT2D eigenvalue weighted by molar-refractivity contribution is 0.0468. The fourth-order valence-electron chi connectivity index (χ4n) is 2.66. The maximum Gasteiger partial charge on any atom is 0.355 e. The average Bonchev–Trinajstić information content (AvgIpc) is 2.87. The molecular formula is C18H21NO5. The standard InChI is InChI=1S/C18H21NO5/c1-10-16(12(3)20)11(2)19-17(10)18(22)24-9-15(21)13-5-7-14(23-4)8-6-13/h5-8,12,19-20H,9H2,1-4H3/t12-/m0/s1. The van der Waals surface area contributed by atoms with Crippen molar-refractivity contribution in [3.8, 4) is 5.75 Å². The van der Waals surface area contributed by atoms with Gasteiger partial charge >= 0.3 is 5.97 Å². The maximum absolute atomic E-state index is 12.2. The van der Waals surface area contributed by atoms with E-state index in [1.807, 2.05) is 0 Å². The van der Waals surface area contributed by atoms with Crippen LogP contribution in [0.3, 0.4) is 0 Å². The van der Waals surface area contributed by atoms with Gasteiger partial charge in [0.05, 0.1) is 13.2 Å². The van der Waals surface area contributed by atoms with Gasteiger partial charge in [-0.2, -0.15) is 0 Å². The van der Waals surface area contributed by atoms with Gasteiger partial charge in [-0.15, -0.1) is 0 Å². The zero-order valence-electron chi connectivity index (χ0n) is 14.2. The molecule has 2 N–H and O–H groups in total. The van der Waals surface area contributed by atoms with Gasteiger partial charge in [0.25, 0.3) is 0 Å². The van der Waals surface area contributed by atoms with Crippen molar-refractivity contribution >= 4 is 11.8 Å². The summed E-state index contributed by atoms with van der Waals surface area (Å²) in [6.07, 6.45) is -0.691. The summed E-state index contributed by atoms with van der Waals surface area (Å²) >= 11 is 0. The number of aliphatic hydroxyl groups is 1. The third kappa shape index (κ3) is 3.65. The molecule has 6 heteroatoms. The van der Waals surface area contributed by atoms with Crippen molar-refractivity contribution in [1.29, 1.82) is 0 Å². The molecule has 0 fully saturated rings. The number of nitrogens with one attached hydrogen (secondary N) is 1. The Balaban J connectivity index is 2.05. The molecule has 0 unspecified atom stereocenters. The second-order valence-corrected chi connectivity index (χ2v) is 5.57. The van der Waals surface area contributed by atoms with Gasteiger partial charge in [-0.1, -0.05) is 0 Å². The lowest BCUT2D eigenvalue weighted by atomic mass is 10.1. The van der Waals surface area contributed by atoms with Crippen LogP contribution in [0, 0.1) is 13.8 Å². The van der Waals surface area contributed by atoms with Crippen LogP contribution in [0.25, 0.3) is 0 Å². The molecule has 128 valence electrons. The Bertz CT molecular complexity index is 744. The van der Waals surface area contributed by atoms with Crippen molar-refractivity contribution in [2.24, 2.45) is 0 Å². The van der Waals surface area contributed by atoms with E-state index in [9.17, 15) is 14.7 Å². The van der Waals surface area contributed by atoms with Gasteiger partial charge in [0.15, 0.2) is 12.4 Å². The maximum atomic E-state index is 12.2. The van der Waals surface area contributed by atoms with Crippen LogP contribution in [0.5, 0.6) is 5.75 Å². The molecule has 2 rings (SSSR count). The number of methoxy groups -OCH3 is 1. The fraction of sp³-hybridized carbons (Fsp3) is 0.333. The number of benzene rings is 1. The molecule has 0 saturated heterocycles. The number of Topliss-reactive ketones (excluding diaryl/α,β-unsaturated/α-hetero) is 1. The van der Waals surface area contributed by atoms with E-state index in [2.05, 4.69) is 4.98 Å². The molecule has 1 heterocycles. The number of hydrogen-bond acceptors (Lipinski definition) is 5. The van der Waals surface area contributed by atoms with E-state index in [1.54, 1.807) is 52.1 Å². The van der Waals surface area contributed by atoms with Crippen LogP contribution in [0.4, 0.5) is 0 Å². The lowest BCUT2D eigenvalue weighted by Crippen LogP contribution is -2.15. The van der Waals surface area contributed by atoms with Gasteiger partial charge < -0.3 is 19.6 Å². The van der Waals surface area contributed by atoms with Crippen LogP contribution < -0.4 is 4.74 Å². The van der Waals surface area contributed by atoms with E-state index >= 15 is 0 Å². The van der Waals surface area contributed by atoms with Crippen LogP contribution in [-0.2, 0) is 4.74 Å². The second-order valence-electron chi connectivity index (χ2n) is 5.57. The predicted molar refractivity (Wildman–Crippen MR) is 88.5 cm³/mol. The third-order valence-corrected chi connectivity index (χ3v) is 3.86. The number of carbonyl (C=O) groups is 2. The zero-order chi connectivity index (χ0) is 17.9. The summed E-state index contributed by atoms with van der Waals surface area (Å²) in [5, 5.41) is 9.75. The number of ether oxygens (including phenoxy) is 2. The Morgan fingerprint density at radius 1 is 1.21 bits per heavy atom. The molecule has 1 aromatic carbocycles. The summed E-state index contributed by atoms with van der Waals surface area (Å²) in [5.41, 5.74) is 2.70. The van der Waals surface area contributed by atoms with Crippen LogP contribution in [-0.4, -0.2) is 35.6 Å². The first-order chi connectivity index (χ1) is 11.3. The van der Waals surface area contributed by atoms with E-state index in [0.29, 0.717) is 28.1 Å². The minimum Gasteiger partial charge on any atom is -0.497 e. The lowest BCUT2D eigenvalue weighted by Gasteiger charge is -2.06. The molecule has 0 bridgehead atoms. The molecule has 0 amide bonds.